The quantitative estimate of drug-likeness (QED) is 0.510. The Bertz CT molecular complexity index is 1140. The van der Waals surface area contributed by atoms with Crippen LogP contribution in [0.15, 0.2) is 72.3 Å². The summed E-state index contributed by atoms with van der Waals surface area (Å²) in [6.45, 7) is 2.08. The standard InChI is InChI=1S/C21H19N5OS/c1-14(28-21-25-23-13-26(21)2)15-8-5-9-17(10-15)20(27)24-19-11-16-6-3-4-7-18(16)12-22-19/h3-14H,1-2H3,(H,22,24,27). The average molecular weight is 389 g/mol. The van der Waals surface area contributed by atoms with E-state index in [4.69, 9.17) is 0 Å². The number of amides is 1. The van der Waals surface area contributed by atoms with Gasteiger partial charge in [0.1, 0.15) is 12.1 Å². The smallest absolute Gasteiger partial charge is 0.256 e. The van der Waals surface area contributed by atoms with Gasteiger partial charge in [-0.1, -0.05) is 48.2 Å². The summed E-state index contributed by atoms with van der Waals surface area (Å²) < 4.78 is 1.88. The highest BCUT2D eigenvalue weighted by atomic mass is 32.2. The van der Waals surface area contributed by atoms with Crippen molar-refractivity contribution in [1.82, 2.24) is 19.7 Å². The predicted molar refractivity (Wildman–Crippen MR) is 111 cm³/mol. The highest BCUT2D eigenvalue weighted by molar-refractivity contribution is 7.99. The van der Waals surface area contributed by atoms with Crippen molar-refractivity contribution in [2.45, 2.75) is 17.3 Å². The molecule has 0 saturated heterocycles. The molecule has 7 heteroatoms. The summed E-state index contributed by atoms with van der Waals surface area (Å²) in [7, 11) is 1.91. The molecule has 1 unspecified atom stereocenters. The molecule has 2 aromatic carbocycles. The highest BCUT2D eigenvalue weighted by Crippen LogP contribution is 2.33. The summed E-state index contributed by atoms with van der Waals surface area (Å²) >= 11 is 1.60. The lowest BCUT2D eigenvalue weighted by Crippen LogP contribution is -2.13. The minimum atomic E-state index is -0.180. The summed E-state index contributed by atoms with van der Waals surface area (Å²) in [6.07, 6.45) is 3.44. The van der Waals surface area contributed by atoms with Gasteiger partial charge in [-0.2, -0.15) is 0 Å². The molecule has 0 saturated carbocycles. The molecule has 0 radical (unpaired) electrons. The second kappa shape index (κ2) is 7.82. The van der Waals surface area contributed by atoms with Crippen LogP contribution in [0.3, 0.4) is 0 Å². The lowest BCUT2D eigenvalue weighted by Gasteiger charge is -2.12. The fraction of sp³-hybridized carbons (Fsp3) is 0.143. The minimum Gasteiger partial charge on any atom is -0.312 e. The average Bonchev–Trinajstić information content (AvgIpc) is 3.12. The van der Waals surface area contributed by atoms with Crippen molar-refractivity contribution >= 4 is 34.3 Å². The zero-order chi connectivity index (χ0) is 19.5. The lowest BCUT2D eigenvalue weighted by atomic mass is 10.1. The number of nitrogens with one attached hydrogen (secondary N) is 1. The summed E-state index contributed by atoms with van der Waals surface area (Å²) in [4.78, 5) is 17.0. The molecular formula is C21H19N5OS. The number of nitrogens with zero attached hydrogens (tertiary/aromatic N) is 4. The number of anilines is 1. The molecule has 0 aliphatic rings. The van der Waals surface area contributed by atoms with Crippen molar-refractivity contribution < 1.29 is 4.79 Å². The van der Waals surface area contributed by atoms with Crippen LogP contribution in [0.4, 0.5) is 5.82 Å². The Balaban J connectivity index is 1.51. The molecule has 2 aromatic heterocycles. The number of thioether (sulfide) groups is 1. The van der Waals surface area contributed by atoms with Crippen LogP contribution in [0.2, 0.25) is 0 Å². The zero-order valence-corrected chi connectivity index (χ0v) is 16.4. The normalized spacial score (nSPS) is 12.1. The number of rotatable bonds is 5. The van der Waals surface area contributed by atoms with E-state index in [9.17, 15) is 4.79 Å². The van der Waals surface area contributed by atoms with Crippen molar-refractivity contribution in [1.29, 1.82) is 0 Å². The van der Waals surface area contributed by atoms with E-state index >= 15 is 0 Å². The molecule has 0 bridgehead atoms. The van der Waals surface area contributed by atoms with E-state index < -0.39 is 0 Å². The van der Waals surface area contributed by atoms with Gasteiger partial charge in [-0.25, -0.2) is 4.98 Å². The van der Waals surface area contributed by atoms with E-state index in [-0.39, 0.29) is 11.2 Å². The van der Waals surface area contributed by atoms with Crippen LogP contribution in [0.5, 0.6) is 0 Å². The van der Waals surface area contributed by atoms with Gasteiger partial charge in [0.2, 0.25) is 0 Å². The maximum Gasteiger partial charge on any atom is 0.256 e. The fourth-order valence-corrected chi connectivity index (χ4v) is 3.79. The Morgan fingerprint density at radius 1 is 1.11 bits per heavy atom. The number of pyridine rings is 1. The molecule has 28 heavy (non-hydrogen) atoms. The first-order chi connectivity index (χ1) is 13.6. The number of aromatic nitrogens is 4. The maximum absolute atomic E-state index is 12.7. The monoisotopic (exact) mass is 389 g/mol. The van der Waals surface area contributed by atoms with Crippen LogP contribution in [0, 0.1) is 0 Å². The summed E-state index contributed by atoms with van der Waals surface area (Å²) in [6, 6.07) is 17.4. The predicted octanol–water partition coefficient (Wildman–Crippen LogP) is 4.47. The van der Waals surface area contributed by atoms with Gasteiger partial charge in [-0.05, 0) is 36.1 Å². The molecule has 0 aliphatic heterocycles. The van der Waals surface area contributed by atoms with E-state index in [2.05, 4.69) is 27.4 Å². The second-order valence-electron chi connectivity index (χ2n) is 6.48. The number of fused-ring (bicyclic) bond motifs is 1. The molecular weight excluding hydrogens is 370 g/mol. The summed E-state index contributed by atoms with van der Waals surface area (Å²) in [5.41, 5.74) is 1.64. The largest absolute Gasteiger partial charge is 0.312 e. The summed E-state index contributed by atoms with van der Waals surface area (Å²) in [5, 5.41) is 13.9. The van der Waals surface area contributed by atoms with Crippen molar-refractivity contribution in [2.24, 2.45) is 7.05 Å². The van der Waals surface area contributed by atoms with Gasteiger partial charge in [0.25, 0.3) is 5.91 Å². The number of benzene rings is 2. The Morgan fingerprint density at radius 2 is 1.93 bits per heavy atom. The Kier molecular flexibility index (Phi) is 5.08. The topological polar surface area (TPSA) is 72.7 Å². The van der Waals surface area contributed by atoms with Gasteiger partial charge < -0.3 is 9.88 Å². The van der Waals surface area contributed by atoms with Gasteiger partial charge >= 0.3 is 0 Å². The molecule has 1 atom stereocenters. The Hall–Kier alpha value is -3.19. The van der Waals surface area contributed by atoms with Crippen LogP contribution < -0.4 is 5.32 Å². The third-order valence-corrected chi connectivity index (χ3v) is 5.65. The second-order valence-corrected chi connectivity index (χ2v) is 7.79. The van der Waals surface area contributed by atoms with Crippen LogP contribution >= 0.6 is 11.8 Å². The Morgan fingerprint density at radius 3 is 2.71 bits per heavy atom. The van der Waals surface area contributed by atoms with Gasteiger partial charge in [-0.15, -0.1) is 10.2 Å². The van der Waals surface area contributed by atoms with Gasteiger partial charge in [0.15, 0.2) is 5.16 Å². The zero-order valence-electron chi connectivity index (χ0n) is 15.5. The van der Waals surface area contributed by atoms with Gasteiger partial charge in [0.05, 0.1) is 0 Å². The third-order valence-electron chi connectivity index (χ3n) is 4.44. The van der Waals surface area contributed by atoms with Crippen LogP contribution in [0.25, 0.3) is 10.8 Å². The molecule has 4 rings (SSSR count). The molecule has 140 valence electrons. The fourth-order valence-electron chi connectivity index (χ4n) is 2.88. The molecule has 6 nitrogen and oxygen atoms in total. The number of hydrogen-bond donors (Lipinski definition) is 1. The van der Waals surface area contributed by atoms with Crippen LogP contribution in [0.1, 0.15) is 28.1 Å². The molecule has 2 heterocycles. The van der Waals surface area contributed by atoms with E-state index in [0.717, 1.165) is 21.5 Å². The van der Waals surface area contributed by atoms with Crippen molar-refractivity contribution in [3.05, 3.63) is 78.2 Å². The van der Waals surface area contributed by atoms with E-state index in [1.54, 1.807) is 30.4 Å². The maximum atomic E-state index is 12.7. The molecule has 4 aromatic rings. The Labute approximate surface area is 167 Å². The van der Waals surface area contributed by atoms with E-state index in [0.29, 0.717) is 11.4 Å². The molecule has 1 amide bonds. The third kappa shape index (κ3) is 3.89. The molecule has 0 fully saturated rings. The number of aryl methyl sites for hydroxylation is 1. The number of carbonyl (C=O) groups is 1. The van der Waals surface area contributed by atoms with Crippen LogP contribution in [-0.2, 0) is 7.05 Å². The lowest BCUT2D eigenvalue weighted by molar-refractivity contribution is 0.102. The van der Waals surface area contributed by atoms with Crippen LogP contribution in [-0.4, -0.2) is 25.7 Å². The first-order valence-corrected chi connectivity index (χ1v) is 9.75. The molecule has 1 N–H and O–H groups in total. The van der Waals surface area contributed by atoms with Gasteiger partial charge in [-0.3, -0.25) is 4.79 Å². The molecule has 0 spiro atoms. The molecule has 0 aliphatic carbocycles. The first-order valence-electron chi connectivity index (χ1n) is 8.87. The van der Waals surface area contributed by atoms with E-state index in [1.165, 1.54) is 0 Å². The summed E-state index contributed by atoms with van der Waals surface area (Å²) in [5.74, 6) is 0.358. The highest BCUT2D eigenvalue weighted by Gasteiger charge is 2.14. The number of carbonyl (C=O) groups excluding carboxylic acids is 1. The number of hydrogen-bond acceptors (Lipinski definition) is 5. The van der Waals surface area contributed by atoms with Crippen molar-refractivity contribution in [3.8, 4) is 0 Å². The minimum absolute atomic E-state index is 0.134. The van der Waals surface area contributed by atoms with Crippen molar-refractivity contribution in [2.75, 3.05) is 5.32 Å². The first kappa shape index (κ1) is 18.2. The van der Waals surface area contributed by atoms with Crippen molar-refractivity contribution in [3.63, 3.8) is 0 Å². The SMILES string of the molecule is CC(Sc1nncn1C)c1cccc(C(=O)Nc2cc3ccccc3cn2)c1. The van der Waals surface area contributed by atoms with E-state index in [1.807, 2.05) is 60.1 Å². The van der Waals surface area contributed by atoms with Gasteiger partial charge in [0, 0.05) is 29.4 Å².